The first kappa shape index (κ1) is 18.8. The highest BCUT2D eigenvalue weighted by Crippen LogP contribution is 2.29. The van der Waals surface area contributed by atoms with Crippen LogP contribution in [0.1, 0.15) is 70.9 Å². The van der Waals surface area contributed by atoms with Crippen molar-refractivity contribution < 1.29 is 23.9 Å². The maximum atomic E-state index is 12.7. The van der Waals surface area contributed by atoms with Gasteiger partial charge in [-0.15, -0.1) is 0 Å². The van der Waals surface area contributed by atoms with Gasteiger partial charge >= 0.3 is 6.16 Å². The molecule has 2 aromatic rings. The number of carbonyl (C=O) groups excluding carboxylic acids is 3. The highest BCUT2D eigenvalue weighted by molar-refractivity contribution is 6.28. The van der Waals surface area contributed by atoms with Crippen molar-refractivity contribution in [3.63, 3.8) is 0 Å². The number of benzene rings is 2. The maximum absolute atomic E-state index is 12.7. The Balaban J connectivity index is 1.64. The zero-order valence-corrected chi connectivity index (χ0v) is 15.3. The van der Waals surface area contributed by atoms with Crippen LogP contribution in [0, 0.1) is 0 Å². The van der Waals surface area contributed by atoms with Gasteiger partial charge < -0.3 is 9.47 Å². The van der Waals surface area contributed by atoms with Gasteiger partial charge in [0.2, 0.25) is 0 Å². The van der Waals surface area contributed by atoms with E-state index in [1.807, 2.05) is 0 Å². The van der Waals surface area contributed by atoms with Gasteiger partial charge in [0.15, 0.2) is 11.6 Å². The molecule has 0 saturated carbocycles. The summed E-state index contributed by atoms with van der Waals surface area (Å²) in [5.74, 6) is -0.276. The van der Waals surface area contributed by atoms with Crippen molar-refractivity contribution >= 4 is 17.7 Å². The van der Waals surface area contributed by atoms with E-state index in [0.717, 1.165) is 25.7 Å². The second-order valence-electron chi connectivity index (χ2n) is 6.53. The van der Waals surface area contributed by atoms with Crippen LogP contribution >= 0.6 is 0 Å². The largest absolute Gasteiger partial charge is 0.513 e. The zero-order valence-electron chi connectivity index (χ0n) is 15.3. The van der Waals surface area contributed by atoms with E-state index in [2.05, 4.69) is 6.92 Å². The van der Waals surface area contributed by atoms with E-state index in [0.29, 0.717) is 23.3 Å². The lowest BCUT2D eigenvalue weighted by Gasteiger charge is -2.17. The number of ketones is 2. The molecule has 0 aliphatic heterocycles. The van der Waals surface area contributed by atoms with Gasteiger partial charge in [0.05, 0.1) is 6.61 Å². The van der Waals surface area contributed by atoms with E-state index < -0.39 is 6.16 Å². The van der Waals surface area contributed by atoms with Crippen LogP contribution in [0.4, 0.5) is 4.79 Å². The molecule has 0 aromatic heterocycles. The topological polar surface area (TPSA) is 69.7 Å². The predicted octanol–water partition coefficient (Wildman–Crippen LogP) is 4.95. The quantitative estimate of drug-likeness (QED) is 0.336. The lowest BCUT2D eigenvalue weighted by Crippen LogP contribution is -2.21. The minimum absolute atomic E-state index is 0.185. The SMILES string of the molecule is CCCCCCCOC(=O)Oc1ccc2c(c1)C(=O)c1ccccc1C2=O. The average molecular weight is 366 g/mol. The number of rotatable bonds is 7. The third-order valence-corrected chi connectivity index (χ3v) is 4.57. The van der Waals surface area contributed by atoms with E-state index in [-0.39, 0.29) is 22.9 Å². The molecule has 5 heteroatoms. The Labute approximate surface area is 158 Å². The molecule has 0 N–H and O–H groups in total. The summed E-state index contributed by atoms with van der Waals surface area (Å²) in [6, 6.07) is 11.1. The molecule has 0 fully saturated rings. The minimum atomic E-state index is -0.805. The first-order valence-electron chi connectivity index (χ1n) is 9.29. The molecule has 3 rings (SSSR count). The van der Waals surface area contributed by atoms with Crippen LogP contribution in [-0.2, 0) is 4.74 Å². The molecule has 0 bridgehead atoms. The Bertz CT molecular complexity index is 869. The Morgan fingerprint density at radius 3 is 2.15 bits per heavy atom. The zero-order chi connectivity index (χ0) is 19.2. The van der Waals surface area contributed by atoms with Crippen molar-refractivity contribution in [3.05, 3.63) is 64.7 Å². The van der Waals surface area contributed by atoms with Crippen LogP contribution in [0.3, 0.4) is 0 Å². The standard InChI is InChI=1S/C22H22O5/c1-2-3-4-5-8-13-26-22(25)27-15-11-12-18-19(14-15)21(24)17-10-7-6-9-16(17)20(18)23/h6-7,9-12,14H,2-5,8,13H2,1H3. The van der Waals surface area contributed by atoms with Crippen LogP contribution in [0.15, 0.2) is 42.5 Å². The minimum Gasteiger partial charge on any atom is -0.434 e. The summed E-state index contributed by atoms with van der Waals surface area (Å²) >= 11 is 0. The van der Waals surface area contributed by atoms with Gasteiger partial charge in [0.25, 0.3) is 0 Å². The Kier molecular flexibility index (Phi) is 6.01. The van der Waals surface area contributed by atoms with Crippen LogP contribution in [0.25, 0.3) is 0 Å². The molecule has 0 saturated heterocycles. The molecule has 1 aliphatic rings. The second-order valence-corrected chi connectivity index (χ2v) is 6.53. The van der Waals surface area contributed by atoms with Gasteiger partial charge in [0, 0.05) is 22.3 Å². The summed E-state index contributed by atoms with van der Waals surface area (Å²) in [7, 11) is 0. The van der Waals surface area contributed by atoms with Crippen molar-refractivity contribution in [2.24, 2.45) is 0 Å². The van der Waals surface area contributed by atoms with E-state index >= 15 is 0 Å². The average Bonchev–Trinajstić information content (AvgIpc) is 2.69. The number of unbranched alkanes of at least 4 members (excludes halogenated alkanes) is 4. The highest BCUT2D eigenvalue weighted by Gasteiger charge is 2.29. The number of ether oxygens (including phenoxy) is 2. The molecular formula is C22H22O5. The lowest BCUT2D eigenvalue weighted by molar-refractivity contribution is 0.0960. The van der Waals surface area contributed by atoms with Gasteiger partial charge in [-0.3, -0.25) is 9.59 Å². The number of fused-ring (bicyclic) bond motifs is 2. The molecule has 2 aromatic carbocycles. The third kappa shape index (κ3) is 4.25. The molecule has 0 spiro atoms. The van der Waals surface area contributed by atoms with Crippen molar-refractivity contribution in [1.29, 1.82) is 0 Å². The smallest absolute Gasteiger partial charge is 0.434 e. The molecule has 0 amide bonds. The van der Waals surface area contributed by atoms with Crippen molar-refractivity contribution in [1.82, 2.24) is 0 Å². The number of carbonyl (C=O) groups is 3. The lowest BCUT2D eigenvalue weighted by atomic mass is 9.84. The number of hydrogen-bond donors (Lipinski definition) is 0. The van der Waals surface area contributed by atoms with Crippen LogP contribution < -0.4 is 4.74 Å². The normalized spacial score (nSPS) is 12.3. The first-order chi connectivity index (χ1) is 13.1. The highest BCUT2D eigenvalue weighted by atomic mass is 16.7. The molecule has 1 aliphatic carbocycles. The maximum Gasteiger partial charge on any atom is 0.513 e. The monoisotopic (exact) mass is 366 g/mol. The summed E-state index contributed by atoms with van der Waals surface area (Å²) in [6.45, 7) is 2.45. The van der Waals surface area contributed by atoms with E-state index in [1.54, 1.807) is 24.3 Å². The fraction of sp³-hybridized carbons (Fsp3) is 0.318. The summed E-state index contributed by atoms with van der Waals surface area (Å²) in [4.78, 5) is 37.0. The van der Waals surface area contributed by atoms with Crippen molar-refractivity contribution in [2.45, 2.75) is 39.0 Å². The predicted molar refractivity (Wildman–Crippen MR) is 100 cm³/mol. The fourth-order valence-corrected chi connectivity index (χ4v) is 3.13. The van der Waals surface area contributed by atoms with E-state index in [1.165, 1.54) is 24.6 Å². The fourth-order valence-electron chi connectivity index (χ4n) is 3.13. The molecule has 0 unspecified atom stereocenters. The number of hydrogen-bond acceptors (Lipinski definition) is 5. The third-order valence-electron chi connectivity index (χ3n) is 4.57. The Morgan fingerprint density at radius 2 is 1.44 bits per heavy atom. The molecule has 0 atom stereocenters. The Hall–Kier alpha value is -2.95. The molecule has 140 valence electrons. The van der Waals surface area contributed by atoms with E-state index in [4.69, 9.17) is 9.47 Å². The first-order valence-corrected chi connectivity index (χ1v) is 9.29. The molecule has 0 radical (unpaired) electrons. The van der Waals surface area contributed by atoms with E-state index in [9.17, 15) is 14.4 Å². The van der Waals surface area contributed by atoms with Crippen LogP contribution in [0.2, 0.25) is 0 Å². The molecular weight excluding hydrogens is 344 g/mol. The van der Waals surface area contributed by atoms with Crippen LogP contribution in [0.5, 0.6) is 5.75 Å². The van der Waals surface area contributed by atoms with Gasteiger partial charge in [0.1, 0.15) is 5.75 Å². The van der Waals surface area contributed by atoms with Gasteiger partial charge in [-0.2, -0.15) is 0 Å². The molecule has 0 heterocycles. The van der Waals surface area contributed by atoms with Gasteiger partial charge in [-0.1, -0.05) is 56.9 Å². The molecule has 5 nitrogen and oxygen atoms in total. The summed E-state index contributed by atoms with van der Waals surface area (Å²) < 4.78 is 10.2. The van der Waals surface area contributed by atoms with Crippen molar-refractivity contribution in [3.8, 4) is 5.75 Å². The molecule has 27 heavy (non-hydrogen) atoms. The summed E-state index contributed by atoms with van der Waals surface area (Å²) in [6.07, 6.45) is 4.46. The van der Waals surface area contributed by atoms with Crippen molar-refractivity contribution in [2.75, 3.05) is 6.61 Å². The van der Waals surface area contributed by atoms with Gasteiger partial charge in [-0.25, -0.2) is 4.79 Å². The summed E-state index contributed by atoms with van der Waals surface area (Å²) in [5.41, 5.74) is 1.31. The second kappa shape index (κ2) is 8.62. The van der Waals surface area contributed by atoms with Gasteiger partial charge in [-0.05, 0) is 24.6 Å². The summed E-state index contributed by atoms with van der Waals surface area (Å²) in [5, 5.41) is 0. The Morgan fingerprint density at radius 1 is 0.815 bits per heavy atom. The van der Waals surface area contributed by atoms with Crippen LogP contribution in [-0.4, -0.2) is 24.3 Å².